The van der Waals surface area contributed by atoms with Gasteiger partial charge < -0.3 is 5.32 Å². The van der Waals surface area contributed by atoms with Crippen LogP contribution < -0.4 is 5.32 Å². The third kappa shape index (κ3) is 4.97. The Labute approximate surface area is 146 Å². The normalized spacial score (nSPS) is 24.0. The smallest absolute Gasteiger partial charge is 0.0453 e. The zero-order chi connectivity index (χ0) is 15.2. The SMILES string of the molecule is CCNC(Cc1ccc(Cl)cc1Cl)C1SCCSC1CC. The molecule has 1 nitrogen and oxygen atoms in total. The van der Waals surface area contributed by atoms with Gasteiger partial charge in [0.15, 0.2) is 0 Å². The summed E-state index contributed by atoms with van der Waals surface area (Å²) >= 11 is 16.6. The molecule has 118 valence electrons. The third-order valence-corrected chi connectivity index (χ3v) is 7.81. The minimum Gasteiger partial charge on any atom is -0.313 e. The Balaban J connectivity index is 2.13. The van der Waals surface area contributed by atoms with Gasteiger partial charge in [-0.3, -0.25) is 0 Å². The summed E-state index contributed by atoms with van der Waals surface area (Å²) in [6, 6.07) is 6.32. The molecule has 0 radical (unpaired) electrons. The minimum absolute atomic E-state index is 0.469. The first-order chi connectivity index (χ1) is 10.2. The van der Waals surface area contributed by atoms with Crippen LogP contribution in [0.5, 0.6) is 0 Å². The molecular formula is C16H23Cl2NS2. The highest BCUT2D eigenvalue weighted by molar-refractivity contribution is 8.07. The van der Waals surface area contributed by atoms with Crippen molar-refractivity contribution in [3.05, 3.63) is 33.8 Å². The van der Waals surface area contributed by atoms with Crippen molar-refractivity contribution < 1.29 is 0 Å². The van der Waals surface area contributed by atoms with E-state index in [1.807, 2.05) is 12.1 Å². The lowest BCUT2D eigenvalue weighted by molar-refractivity contribution is 0.490. The van der Waals surface area contributed by atoms with Gasteiger partial charge in [0.2, 0.25) is 0 Å². The highest BCUT2D eigenvalue weighted by Gasteiger charge is 2.31. The van der Waals surface area contributed by atoms with Crippen molar-refractivity contribution in [2.75, 3.05) is 18.1 Å². The fraction of sp³-hybridized carbons (Fsp3) is 0.625. The first kappa shape index (κ1) is 17.8. The molecule has 1 N–H and O–H groups in total. The van der Waals surface area contributed by atoms with Crippen molar-refractivity contribution in [3.8, 4) is 0 Å². The van der Waals surface area contributed by atoms with Gasteiger partial charge in [-0.2, -0.15) is 23.5 Å². The van der Waals surface area contributed by atoms with E-state index in [4.69, 9.17) is 23.2 Å². The van der Waals surface area contributed by atoms with Crippen molar-refractivity contribution in [2.24, 2.45) is 0 Å². The van der Waals surface area contributed by atoms with Crippen LogP contribution >= 0.6 is 46.7 Å². The van der Waals surface area contributed by atoms with Gasteiger partial charge in [0.25, 0.3) is 0 Å². The molecule has 5 heteroatoms. The number of nitrogens with one attached hydrogen (secondary N) is 1. The van der Waals surface area contributed by atoms with Crippen molar-refractivity contribution in [1.29, 1.82) is 0 Å². The van der Waals surface area contributed by atoms with Crippen LogP contribution in [0.15, 0.2) is 18.2 Å². The first-order valence-corrected chi connectivity index (χ1v) is 10.4. The summed E-state index contributed by atoms with van der Waals surface area (Å²) in [5.74, 6) is 2.53. The molecule has 3 unspecified atom stereocenters. The minimum atomic E-state index is 0.469. The molecule has 3 atom stereocenters. The van der Waals surface area contributed by atoms with Gasteiger partial charge in [0, 0.05) is 38.1 Å². The average molecular weight is 364 g/mol. The van der Waals surface area contributed by atoms with Crippen molar-refractivity contribution >= 4 is 46.7 Å². The Kier molecular flexibility index (Phi) is 7.57. The van der Waals surface area contributed by atoms with E-state index in [9.17, 15) is 0 Å². The maximum absolute atomic E-state index is 6.36. The van der Waals surface area contributed by atoms with E-state index in [0.717, 1.165) is 23.2 Å². The number of halogens is 2. The Bertz CT molecular complexity index is 456. The van der Waals surface area contributed by atoms with E-state index < -0.39 is 0 Å². The van der Waals surface area contributed by atoms with Crippen LogP contribution in [0.1, 0.15) is 25.8 Å². The number of rotatable bonds is 6. The van der Waals surface area contributed by atoms with Crippen molar-refractivity contribution in [2.45, 2.75) is 43.2 Å². The quantitative estimate of drug-likeness (QED) is 0.751. The van der Waals surface area contributed by atoms with E-state index >= 15 is 0 Å². The van der Waals surface area contributed by atoms with Crippen molar-refractivity contribution in [1.82, 2.24) is 5.32 Å². The molecule has 1 fully saturated rings. The lowest BCUT2D eigenvalue weighted by atomic mass is 10.00. The molecule has 2 rings (SSSR count). The van der Waals surface area contributed by atoms with E-state index in [0.29, 0.717) is 16.3 Å². The standard InChI is InChI=1S/C16H23Cl2NS2/c1-3-15-16(21-8-7-20-15)14(19-4-2)9-11-5-6-12(17)10-13(11)18/h5-6,10,14-16,19H,3-4,7-9H2,1-2H3. The zero-order valence-corrected chi connectivity index (χ0v) is 15.7. The molecule has 1 saturated heterocycles. The molecule has 1 aromatic rings. The zero-order valence-electron chi connectivity index (χ0n) is 12.6. The maximum Gasteiger partial charge on any atom is 0.0453 e. The molecule has 0 bridgehead atoms. The van der Waals surface area contributed by atoms with Crippen molar-refractivity contribution in [3.63, 3.8) is 0 Å². The molecule has 1 heterocycles. The number of hydrogen-bond acceptors (Lipinski definition) is 3. The Morgan fingerprint density at radius 2 is 2.00 bits per heavy atom. The first-order valence-electron chi connectivity index (χ1n) is 7.56. The van der Waals surface area contributed by atoms with E-state index in [1.54, 1.807) is 0 Å². The number of hydrogen-bond donors (Lipinski definition) is 1. The number of benzene rings is 1. The summed E-state index contributed by atoms with van der Waals surface area (Å²) in [6.07, 6.45) is 2.21. The lowest BCUT2D eigenvalue weighted by Crippen LogP contribution is -2.46. The lowest BCUT2D eigenvalue weighted by Gasteiger charge is -2.36. The summed E-state index contributed by atoms with van der Waals surface area (Å²) in [5.41, 5.74) is 1.19. The topological polar surface area (TPSA) is 12.0 Å². The van der Waals surface area contributed by atoms with Crippen LogP contribution in [0, 0.1) is 0 Å². The van der Waals surface area contributed by atoms with Gasteiger partial charge in [-0.25, -0.2) is 0 Å². The second-order valence-electron chi connectivity index (χ2n) is 5.26. The van der Waals surface area contributed by atoms with Gasteiger partial charge in [0.05, 0.1) is 0 Å². The average Bonchev–Trinajstić information content (AvgIpc) is 2.49. The molecule has 0 spiro atoms. The molecule has 1 aliphatic heterocycles. The van der Waals surface area contributed by atoms with Gasteiger partial charge in [-0.1, -0.05) is 43.1 Å². The maximum atomic E-state index is 6.36. The highest BCUT2D eigenvalue weighted by atomic mass is 35.5. The van der Waals surface area contributed by atoms with Crippen LogP contribution in [-0.4, -0.2) is 34.6 Å². The third-order valence-electron chi connectivity index (χ3n) is 3.81. The molecule has 0 aromatic heterocycles. The summed E-state index contributed by atoms with van der Waals surface area (Å²) in [5, 5.41) is 6.56. The Morgan fingerprint density at radius 1 is 1.24 bits per heavy atom. The molecule has 0 amide bonds. The van der Waals surface area contributed by atoms with Crippen LogP contribution in [-0.2, 0) is 6.42 Å². The Morgan fingerprint density at radius 3 is 2.67 bits per heavy atom. The fourth-order valence-electron chi connectivity index (χ4n) is 2.80. The molecular weight excluding hydrogens is 341 g/mol. The molecule has 0 saturated carbocycles. The fourth-order valence-corrected chi connectivity index (χ4v) is 6.55. The molecule has 1 aromatic carbocycles. The van der Waals surface area contributed by atoms with Crippen LogP contribution in [0.2, 0.25) is 10.0 Å². The van der Waals surface area contributed by atoms with Crippen LogP contribution in [0.3, 0.4) is 0 Å². The van der Waals surface area contributed by atoms with Gasteiger partial charge in [-0.05, 0) is 37.1 Å². The second-order valence-corrected chi connectivity index (χ2v) is 8.73. The Hall–Kier alpha value is 0.460. The van der Waals surface area contributed by atoms with Gasteiger partial charge in [0.1, 0.15) is 0 Å². The highest BCUT2D eigenvalue weighted by Crippen LogP contribution is 2.36. The largest absolute Gasteiger partial charge is 0.313 e. The predicted molar refractivity (Wildman–Crippen MR) is 100 cm³/mol. The van der Waals surface area contributed by atoms with E-state index in [-0.39, 0.29) is 0 Å². The van der Waals surface area contributed by atoms with E-state index in [1.165, 1.54) is 23.5 Å². The summed E-state index contributed by atoms with van der Waals surface area (Å²) < 4.78 is 0. The predicted octanol–water partition coefficient (Wildman–Crippen LogP) is 5.14. The monoisotopic (exact) mass is 363 g/mol. The molecule has 1 aliphatic rings. The summed E-state index contributed by atoms with van der Waals surface area (Å²) in [6.45, 7) is 5.47. The second kappa shape index (κ2) is 8.93. The molecule has 21 heavy (non-hydrogen) atoms. The van der Waals surface area contributed by atoms with E-state index in [2.05, 4.69) is 48.8 Å². The number of thioether (sulfide) groups is 2. The summed E-state index contributed by atoms with van der Waals surface area (Å²) in [4.78, 5) is 0. The van der Waals surface area contributed by atoms with Gasteiger partial charge >= 0.3 is 0 Å². The number of likely N-dealkylation sites (N-methyl/N-ethyl adjacent to an activating group) is 1. The summed E-state index contributed by atoms with van der Waals surface area (Å²) in [7, 11) is 0. The van der Waals surface area contributed by atoms with Crippen LogP contribution in [0.25, 0.3) is 0 Å². The van der Waals surface area contributed by atoms with Crippen LogP contribution in [0.4, 0.5) is 0 Å². The van der Waals surface area contributed by atoms with Gasteiger partial charge in [-0.15, -0.1) is 0 Å². The molecule has 0 aliphatic carbocycles.